The zero-order chi connectivity index (χ0) is 11.1. The Morgan fingerprint density at radius 2 is 2.12 bits per heavy atom. The Bertz CT molecular complexity index is 439. The molecule has 2 aliphatic rings. The van der Waals surface area contributed by atoms with Gasteiger partial charge in [0.1, 0.15) is 11.9 Å². The summed E-state index contributed by atoms with van der Waals surface area (Å²) in [5.41, 5.74) is 2.10. The minimum atomic E-state index is -0.304. The van der Waals surface area contributed by atoms with Crippen LogP contribution >= 0.6 is 0 Å². The molecule has 1 fully saturated rings. The molecule has 0 aliphatic carbocycles. The Balaban J connectivity index is 2.14. The van der Waals surface area contributed by atoms with E-state index in [2.05, 4.69) is 12.2 Å². The average Bonchev–Trinajstić information content (AvgIpc) is 2.54. The van der Waals surface area contributed by atoms with Crippen LogP contribution in [0.5, 0.6) is 5.75 Å². The number of benzene rings is 1. The van der Waals surface area contributed by atoms with E-state index in [1.807, 2.05) is 25.1 Å². The van der Waals surface area contributed by atoms with E-state index in [9.17, 15) is 0 Å². The fraction of sp³-hybridized carbons (Fsp3) is 0.385. The normalized spacial score (nSPS) is 31.0. The van der Waals surface area contributed by atoms with Crippen molar-refractivity contribution >= 4 is 6.08 Å². The van der Waals surface area contributed by atoms with Crippen molar-refractivity contribution in [1.82, 2.24) is 0 Å². The summed E-state index contributed by atoms with van der Waals surface area (Å²) in [5.74, 6) is 0.821. The summed E-state index contributed by atoms with van der Waals surface area (Å²) < 4.78 is 17.0. The van der Waals surface area contributed by atoms with Crippen molar-refractivity contribution in [1.29, 1.82) is 0 Å². The molecule has 3 atom stereocenters. The lowest BCUT2D eigenvalue weighted by Gasteiger charge is -2.16. The molecule has 0 saturated carbocycles. The van der Waals surface area contributed by atoms with Gasteiger partial charge in [-0.15, -0.1) is 0 Å². The number of rotatable bonds is 1. The van der Waals surface area contributed by atoms with Crippen LogP contribution in [0.4, 0.5) is 0 Å². The number of hydrogen-bond acceptors (Lipinski definition) is 3. The lowest BCUT2D eigenvalue weighted by molar-refractivity contribution is -0.0634. The summed E-state index contributed by atoms with van der Waals surface area (Å²) >= 11 is 0. The molecular formula is C13H14O3. The molecular weight excluding hydrogens is 204 g/mol. The quantitative estimate of drug-likeness (QED) is 0.725. The predicted molar refractivity (Wildman–Crippen MR) is 60.2 cm³/mol. The summed E-state index contributed by atoms with van der Waals surface area (Å²) in [6.45, 7) is 2.02. The molecule has 2 heterocycles. The molecule has 1 aromatic rings. The van der Waals surface area contributed by atoms with Gasteiger partial charge in [0, 0.05) is 0 Å². The van der Waals surface area contributed by atoms with Gasteiger partial charge in [0.05, 0.1) is 18.8 Å². The zero-order valence-electron chi connectivity index (χ0n) is 9.34. The third kappa shape index (κ3) is 1.36. The molecule has 0 unspecified atom stereocenters. The molecule has 0 spiro atoms. The van der Waals surface area contributed by atoms with E-state index < -0.39 is 0 Å². The first-order valence-electron chi connectivity index (χ1n) is 5.45. The van der Waals surface area contributed by atoms with Crippen LogP contribution in [0, 0.1) is 0 Å². The summed E-state index contributed by atoms with van der Waals surface area (Å²) in [5, 5.41) is 0. The average molecular weight is 218 g/mol. The lowest BCUT2D eigenvalue weighted by atomic mass is 10.0. The van der Waals surface area contributed by atoms with Crippen molar-refractivity contribution in [3.8, 4) is 5.75 Å². The Labute approximate surface area is 94.6 Å². The van der Waals surface area contributed by atoms with Crippen molar-refractivity contribution in [2.75, 3.05) is 7.11 Å². The van der Waals surface area contributed by atoms with Crippen molar-refractivity contribution in [3.63, 3.8) is 0 Å². The molecule has 2 bridgehead atoms. The van der Waals surface area contributed by atoms with Gasteiger partial charge in [-0.2, -0.15) is 0 Å². The van der Waals surface area contributed by atoms with Gasteiger partial charge in [-0.05, 0) is 18.6 Å². The van der Waals surface area contributed by atoms with Crippen molar-refractivity contribution in [3.05, 3.63) is 35.4 Å². The smallest absolute Gasteiger partial charge is 0.189 e. The summed E-state index contributed by atoms with van der Waals surface area (Å²) in [6, 6.07) is 5.96. The van der Waals surface area contributed by atoms with Crippen LogP contribution in [0.15, 0.2) is 24.3 Å². The van der Waals surface area contributed by atoms with Crippen LogP contribution in [-0.2, 0) is 9.47 Å². The maximum atomic E-state index is 5.81. The van der Waals surface area contributed by atoms with E-state index in [0.717, 1.165) is 16.9 Å². The Morgan fingerprint density at radius 3 is 2.94 bits per heavy atom. The first-order chi connectivity index (χ1) is 7.79. The molecule has 1 saturated heterocycles. The molecule has 3 rings (SSSR count). The second kappa shape index (κ2) is 3.61. The van der Waals surface area contributed by atoms with Crippen LogP contribution in [0.3, 0.4) is 0 Å². The van der Waals surface area contributed by atoms with E-state index in [-0.39, 0.29) is 18.5 Å². The summed E-state index contributed by atoms with van der Waals surface area (Å²) in [7, 11) is 1.67. The molecule has 84 valence electrons. The standard InChI is InChI=1S/C13H14O3/c1-8-10-7-6-9-4-3-5-11(14-2)12(9)13(15-8)16-10/h3-8,10,13H,1-2H3/t8-,10+,13-/m1/s1. The minimum absolute atomic E-state index is 0.0436. The van der Waals surface area contributed by atoms with Gasteiger partial charge in [-0.25, -0.2) is 0 Å². The van der Waals surface area contributed by atoms with Crippen LogP contribution in [0.2, 0.25) is 0 Å². The van der Waals surface area contributed by atoms with Crippen LogP contribution in [0.1, 0.15) is 24.3 Å². The van der Waals surface area contributed by atoms with Crippen molar-refractivity contribution in [2.45, 2.75) is 25.4 Å². The molecule has 0 N–H and O–H groups in total. The van der Waals surface area contributed by atoms with E-state index in [1.165, 1.54) is 0 Å². The molecule has 0 aromatic heterocycles. The first kappa shape index (κ1) is 9.87. The van der Waals surface area contributed by atoms with Gasteiger partial charge < -0.3 is 14.2 Å². The van der Waals surface area contributed by atoms with Gasteiger partial charge in [-0.3, -0.25) is 0 Å². The third-order valence-corrected chi connectivity index (χ3v) is 3.10. The van der Waals surface area contributed by atoms with E-state index in [4.69, 9.17) is 14.2 Å². The maximum absolute atomic E-state index is 5.81. The number of methoxy groups -OCH3 is 1. The highest BCUT2D eigenvalue weighted by atomic mass is 16.7. The Hall–Kier alpha value is -1.32. The van der Waals surface area contributed by atoms with Gasteiger partial charge >= 0.3 is 0 Å². The first-order valence-corrected chi connectivity index (χ1v) is 5.45. The van der Waals surface area contributed by atoms with E-state index >= 15 is 0 Å². The maximum Gasteiger partial charge on any atom is 0.189 e. The Kier molecular flexibility index (Phi) is 2.23. The van der Waals surface area contributed by atoms with Crippen LogP contribution < -0.4 is 4.74 Å². The topological polar surface area (TPSA) is 27.7 Å². The van der Waals surface area contributed by atoms with Gasteiger partial charge in [0.25, 0.3) is 0 Å². The third-order valence-electron chi connectivity index (χ3n) is 3.10. The highest BCUT2D eigenvalue weighted by molar-refractivity contribution is 5.60. The van der Waals surface area contributed by atoms with Gasteiger partial charge in [0.2, 0.25) is 0 Å². The molecule has 0 amide bonds. The van der Waals surface area contributed by atoms with E-state index in [0.29, 0.717) is 0 Å². The second-order valence-electron chi connectivity index (χ2n) is 4.10. The summed E-state index contributed by atoms with van der Waals surface area (Å²) in [4.78, 5) is 0. The van der Waals surface area contributed by atoms with Gasteiger partial charge in [-0.1, -0.05) is 24.3 Å². The molecule has 3 heteroatoms. The zero-order valence-corrected chi connectivity index (χ0v) is 9.34. The lowest BCUT2D eigenvalue weighted by Crippen LogP contribution is -2.15. The minimum Gasteiger partial charge on any atom is -0.496 e. The fourth-order valence-electron chi connectivity index (χ4n) is 2.23. The highest BCUT2D eigenvalue weighted by Gasteiger charge is 2.36. The predicted octanol–water partition coefficient (Wildman–Crippen LogP) is 2.52. The van der Waals surface area contributed by atoms with Crippen LogP contribution in [-0.4, -0.2) is 19.3 Å². The second-order valence-corrected chi connectivity index (χ2v) is 4.10. The fourth-order valence-corrected chi connectivity index (χ4v) is 2.23. The molecule has 0 radical (unpaired) electrons. The molecule has 3 nitrogen and oxygen atoms in total. The van der Waals surface area contributed by atoms with Gasteiger partial charge in [0.15, 0.2) is 6.29 Å². The SMILES string of the molecule is COc1cccc2c1[C@H]1O[C@@H](C=C2)[C@@H](C)O1. The van der Waals surface area contributed by atoms with Crippen molar-refractivity contribution < 1.29 is 14.2 Å². The van der Waals surface area contributed by atoms with Crippen molar-refractivity contribution in [2.24, 2.45) is 0 Å². The summed E-state index contributed by atoms with van der Waals surface area (Å²) in [6.07, 6.45) is 3.97. The molecule has 16 heavy (non-hydrogen) atoms. The van der Waals surface area contributed by atoms with E-state index in [1.54, 1.807) is 7.11 Å². The monoisotopic (exact) mass is 218 g/mol. The highest BCUT2D eigenvalue weighted by Crippen LogP contribution is 2.41. The molecule has 1 aromatic carbocycles. The number of fused-ring (bicyclic) bond motifs is 4. The molecule has 2 aliphatic heterocycles. The number of ether oxygens (including phenoxy) is 3. The largest absolute Gasteiger partial charge is 0.496 e. The Morgan fingerprint density at radius 1 is 1.25 bits per heavy atom. The van der Waals surface area contributed by atoms with Crippen LogP contribution in [0.25, 0.3) is 6.08 Å². The number of hydrogen-bond donors (Lipinski definition) is 0.